The Labute approximate surface area is 178 Å². The number of thioether (sulfide) groups is 1. The van der Waals surface area contributed by atoms with Crippen LogP contribution in [0.1, 0.15) is 27.1 Å². The third-order valence-corrected chi connectivity index (χ3v) is 5.12. The van der Waals surface area contributed by atoms with Gasteiger partial charge in [-0.3, -0.25) is 9.59 Å². The lowest BCUT2D eigenvalue weighted by molar-refractivity contribution is -0.139. The average Bonchev–Trinajstić information content (AvgIpc) is 2.77. The maximum atomic E-state index is 12.6. The number of methoxy groups -OCH3 is 3. The first-order valence-corrected chi connectivity index (χ1v) is 9.95. The summed E-state index contributed by atoms with van der Waals surface area (Å²) in [6, 6.07) is 10.4. The zero-order valence-electron chi connectivity index (χ0n) is 16.8. The summed E-state index contributed by atoms with van der Waals surface area (Å²) in [5.74, 6) is -0.692. The van der Waals surface area contributed by atoms with E-state index >= 15 is 0 Å². The van der Waals surface area contributed by atoms with Gasteiger partial charge in [0.1, 0.15) is 6.04 Å². The van der Waals surface area contributed by atoms with E-state index in [-0.39, 0.29) is 34.4 Å². The molecule has 0 spiro atoms. The normalized spacial score (nSPS) is 11.3. The Morgan fingerprint density at radius 2 is 1.57 bits per heavy atom. The summed E-state index contributed by atoms with van der Waals surface area (Å²) in [7, 11) is 4.27. The summed E-state index contributed by atoms with van der Waals surface area (Å²) in [6.07, 6.45) is 0.0781. The second kappa shape index (κ2) is 11.1. The molecule has 9 heteroatoms. The number of nitrogens with one attached hydrogen (secondary N) is 1. The zero-order chi connectivity index (χ0) is 22.1. The Hall–Kier alpha value is -3.20. The molecular formula is C21H23NO7S. The van der Waals surface area contributed by atoms with E-state index in [1.807, 2.05) is 0 Å². The van der Waals surface area contributed by atoms with Gasteiger partial charge in [0.2, 0.25) is 10.9 Å². The molecule has 0 aliphatic rings. The summed E-state index contributed by atoms with van der Waals surface area (Å²) in [4.78, 5) is 36.3. The first-order valence-electron chi connectivity index (χ1n) is 8.97. The van der Waals surface area contributed by atoms with Gasteiger partial charge in [0.05, 0.1) is 21.3 Å². The van der Waals surface area contributed by atoms with Gasteiger partial charge in [-0.25, -0.2) is 4.79 Å². The number of carboxylic acids is 1. The lowest BCUT2D eigenvalue weighted by atomic mass is 10.1. The van der Waals surface area contributed by atoms with Crippen LogP contribution in [-0.4, -0.2) is 55.2 Å². The zero-order valence-corrected chi connectivity index (χ0v) is 17.7. The molecule has 0 radical (unpaired) electrons. The first kappa shape index (κ1) is 23.1. The highest BCUT2D eigenvalue weighted by Gasteiger charge is 2.23. The minimum atomic E-state index is -1.19. The maximum Gasteiger partial charge on any atom is 0.326 e. The Morgan fingerprint density at radius 3 is 2.07 bits per heavy atom. The predicted molar refractivity (Wildman–Crippen MR) is 113 cm³/mol. The molecule has 0 saturated carbocycles. The molecule has 2 N–H and O–H groups in total. The van der Waals surface area contributed by atoms with E-state index < -0.39 is 17.9 Å². The van der Waals surface area contributed by atoms with Crippen LogP contribution >= 0.6 is 11.8 Å². The van der Waals surface area contributed by atoms with Crippen LogP contribution in [0.4, 0.5) is 0 Å². The number of hydrogen-bond acceptors (Lipinski definition) is 7. The van der Waals surface area contributed by atoms with E-state index in [2.05, 4.69) is 5.32 Å². The van der Waals surface area contributed by atoms with Crippen molar-refractivity contribution in [2.45, 2.75) is 12.5 Å². The standard InChI is InChI=1S/C21H23NO7S/c1-27-16-11-14(12-17(28-2)18(16)29-3)19(23)22-15(20(24)25)9-10-30-21(26)13-7-5-4-6-8-13/h4-8,11-12,15H,9-10H2,1-3H3,(H,22,23)(H,24,25). The second-order valence-electron chi connectivity index (χ2n) is 6.07. The fourth-order valence-corrected chi connectivity index (χ4v) is 3.48. The van der Waals surface area contributed by atoms with Crippen LogP contribution in [0, 0.1) is 0 Å². The van der Waals surface area contributed by atoms with Crippen molar-refractivity contribution in [3.63, 3.8) is 0 Å². The van der Waals surface area contributed by atoms with Crippen LogP contribution in [-0.2, 0) is 4.79 Å². The van der Waals surface area contributed by atoms with Crippen molar-refractivity contribution in [1.29, 1.82) is 0 Å². The minimum absolute atomic E-state index is 0.0781. The highest BCUT2D eigenvalue weighted by molar-refractivity contribution is 8.14. The highest BCUT2D eigenvalue weighted by atomic mass is 32.2. The van der Waals surface area contributed by atoms with Gasteiger partial charge in [0.15, 0.2) is 11.5 Å². The van der Waals surface area contributed by atoms with Crippen LogP contribution in [0.3, 0.4) is 0 Å². The van der Waals surface area contributed by atoms with Gasteiger partial charge >= 0.3 is 5.97 Å². The molecule has 2 aromatic rings. The van der Waals surface area contributed by atoms with Crippen LogP contribution in [0.25, 0.3) is 0 Å². The molecular weight excluding hydrogens is 410 g/mol. The Balaban J connectivity index is 2.05. The van der Waals surface area contributed by atoms with Crippen molar-refractivity contribution in [3.8, 4) is 17.2 Å². The van der Waals surface area contributed by atoms with Gasteiger partial charge in [-0.05, 0) is 18.6 Å². The Bertz CT molecular complexity index is 876. The lowest BCUT2D eigenvalue weighted by Gasteiger charge is -2.17. The van der Waals surface area contributed by atoms with Gasteiger partial charge in [-0.1, -0.05) is 42.1 Å². The fourth-order valence-electron chi connectivity index (χ4n) is 2.64. The summed E-state index contributed by atoms with van der Waals surface area (Å²) in [5, 5.41) is 11.8. The third-order valence-electron chi connectivity index (χ3n) is 4.18. The summed E-state index contributed by atoms with van der Waals surface area (Å²) in [5.41, 5.74) is 0.694. The van der Waals surface area contributed by atoms with Crippen molar-refractivity contribution in [2.24, 2.45) is 0 Å². The van der Waals surface area contributed by atoms with Crippen LogP contribution in [0.5, 0.6) is 17.2 Å². The smallest absolute Gasteiger partial charge is 0.326 e. The number of rotatable bonds is 10. The van der Waals surface area contributed by atoms with Crippen molar-refractivity contribution in [3.05, 3.63) is 53.6 Å². The number of carbonyl (C=O) groups is 3. The Kier molecular flexibility index (Phi) is 8.54. The summed E-state index contributed by atoms with van der Waals surface area (Å²) in [6.45, 7) is 0. The predicted octanol–water partition coefficient (Wildman–Crippen LogP) is 2.86. The van der Waals surface area contributed by atoms with E-state index in [4.69, 9.17) is 14.2 Å². The van der Waals surface area contributed by atoms with E-state index in [9.17, 15) is 19.5 Å². The number of carboxylic acid groups (broad SMARTS) is 1. The van der Waals surface area contributed by atoms with Crippen molar-refractivity contribution in [1.82, 2.24) is 5.32 Å². The quantitative estimate of drug-likeness (QED) is 0.588. The van der Waals surface area contributed by atoms with Crippen LogP contribution in [0.15, 0.2) is 42.5 Å². The topological polar surface area (TPSA) is 111 Å². The number of amides is 1. The molecule has 8 nitrogen and oxygen atoms in total. The third kappa shape index (κ3) is 5.90. The molecule has 0 aliphatic heterocycles. The number of benzene rings is 2. The fraction of sp³-hybridized carbons (Fsp3) is 0.286. The average molecular weight is 433 g/mol. The summed E-state index contributed by atoms with van der Waals surface area (Å²) < 4.78 is 15.6. The molecule has 0 heterocycles. The van der Waals surface area contributed by atoms with Gasteiger partial charge < -0.3 is 24.6 Å². The molecule has 2 rings (SSSR count). The molecule has 0 fully saturated rings. The highest BCUT2D eigenvalue weighted by Crippen LogP contribution is 2.38. The maximum absolute atomic E-state index is 12.6. The van der Waals surface area contributed by atoms with Gasteiger partial charge in [-0.15, -0.1) is 0 Å². The van der Waals surface area contributed by atoms with Crippen LogP contribution < -0.4 is 19.5 Å². The van der Waals surface area contributed by atoms with Crippen molar-refractivity contribution < 1.29 is 33.7 Å². The van der Waals surface area contributed by atoms with Crippen molar-refractivity contribution in [2.75, 3.05) is 27.1 Å². The molecule has 160 valence electrons. The van der Waals surface area contributed by atoms with Gasteiger partial charge in [0, 0.05) is 16.9 Å². The Morgan fingerprint density at radius 1 is 0.967 bits per heavy atom. The van der Waals surface area contributed by atoms with E-state index in [1.54, 1.807) is 30.3 Å². The number of hydrogen-bond donors (Lipinski definition) is 2. The molecule has 0 bridgehead atoms. The van der Waals surface area contributed by atoms with Gasteiger partial charge in [0.25, 0.3) is 5.91 Å². The monoisotopic (exact) mass is 433 g/mol. The molecule has 30 heavy (non-hydrogen) atoms. The summed E-state index contributed by atoms with van der Waals surface area (Å²) >= 11 is 1.01. The van der Waals surface area contributed by atoms with E-state index in [0.717, 1.165) is 11.8 Å². The van der Waals surface area contributed by atoms with E-state index in [1.165, 1.54) is 33.5 Å². The molecule has 0 aliphatic carbocycles. The minimum Gasteiger partial charge on any atom is -0.493 e. The SMILES string of the molecule is COc1cc(C(=O)NC(CCSC(=O)c2ccccc2)C(=O)O)cc(OC)c1OC. The van der Waals surface area contributed by atoms with Crippen LogP contribution in [0.2, 0.25) is 0 Å². The second-order valence-corrected chi connectivity index (χ2v) is 7.14. The lowest BCUT2D eigenvalue weighted by Crippen LogP contribution is -2.41. The number of aliphatic carboxylic acids is 1. The number of ether oxygens (including phenoxy) is 3. The van der Waals surface area contributed by atoms with Crippen molar-refractivity contribution >= 4 is 28.8 Å². The largest absolute Gasteiger partial charge is 0.493 e. The van der Waals surface area contributed by atoms with E-state index in [0.29, 0.717) is 11.3 Å². The molecule has 1 amide bonds. The molecule has 1 unspecified atom stereocenters. The molecule has 2 aromatic carbocycles. The molecule has 1 atom stereocenters. The number of carbonyl (C=O) groups excluding carboxylic acids is 2. The molecule has 0 aromatic heterocycles. The first-order chi connectivity index (χ1) is 14.4. The molecule has 0 saturated heterocycles. The van der Waals surface area contributed by atoms with Gasteiger partial charge in [-0.2, -0.15) is 0 Å².